The van der Waals surface area contributed by atoms with Crippen LogP contribution in [0.2, 0.25) is 0 Å². The number of unbranched alkanes of at least 4 members (excludes halogenated alkanes) is 1. The number of rotatable bonds is 15. The molecule has 11 heteroatoms. The molecule has 2 aromatic carbocycles. The third-order valence-electron chi connectivity index (χ3n) is 6.87. The molecule has 0 unspecified atom stereocenters. The third kappa shape index (κ3) is 11.7. The molecule has 0 radical (unpaired) electrons. The van der Waals surface area contributed by atoms with Crippen LogP contribution in [-0.2, 0) is 42.5 Å². The lowest BCUT2D eigenvalue weighted by Crippen LogP contribution is -2.33. The van der Waals surface area contributed by atoms with Gasteiger partial charge in [-0.3, -0.25) is 4.57 Å². The Morgan fingerprint density at radius 2 is 1.18 bits per heavy atom. The van der Waals surface area contributed by atoms with Gasteiger partial charge in [0.15, 0.2) is 0 Å². The van der Waals surface area contributed by atoms with E-state index in [9.17, 15) is 14.2 Å². The third-order valence-corrected chi connectivity index (χ3v) is 9.04. The molecular formula is C34H52N3O7P. The van der Waals surface area contributed by atoms with Gasteiger partial charge in [0.2, 0.25) is 0 Å². The Hall–Kier alpha value is -3.07. The predicted molar refractivity (Wildman–Crippen MR) is 180 cm³/mol. The number of hydrogen-bond donors (Lipinski definition) is 2. The Morgan fingerprint density at radius 1 is 0.733 bits per heavy atom. The lowest BCUT2D eigenvalue weighted by atomic mass is 10.0. The molecule has 3 aromatic rings. The van der Waals surface area contributed by atoms with Crippen molar-refractivity contribution in [2.24, 2.45) is 0 Å². The number of aryl methyl sites for hydroxylation is 1. The Kier molecular flexibility index (Phi) is 12.9. The van der Waals surface area contributed by atoms with Crippen LogP contribution in [0, 0.1) is 0 Å². The van der Waals surface area contributed by atoms with Gasteiger partial charge in [0.1, 0.15) is 11.2 Å². The first-order chi connectivity index (χ1) is 21.1. The van der Waals surface area contributed by atoms with E-state index < -0.39 is 31.0 Å². The van der Waals surface area contributed by atoms with E-state index in [0.29, 0.717) is 51.7 Å². The van der Waals surface area contributed by atoms with Crippen LogP contribution in [0.5, 0.6) is 0 Å². The quantitative estimate of drug-likeness (QED) is 0.127. The summed E-state index contributed by atoms with van der Waals surface area (Å²) in [6, 6.07) is 12.8. The van der Waals surface area contributed by atoms with Gasteiger partial charge in [-0.15, -0.1) is 0 Å². The highest BCUT2D eigenvalue weighted by atomic mass is 31.2. The summed E-state index contributed by atoms with van der Waals surface area (Å²) in [6.45, 7) is 17.1. The molecule has 0 aliphatic heterocycles. The Labute approximate surface area is 268 Å². The standard InChI is InChI=1S/C34H52N3O7P/c1-9-41-45(40,42-10-2)22-12-11-21-37-29-15-13-25(17-19-35-31(38)43-33(3,4)5)23-27(29)28-24-26(14-16-30(28)37)18-20-36-32(39)44-34(6,7)8/h13-16,23-24H,9-12,17-22H2,1-8H3,(H,35,38)(H,36,39). The van der Waals surface area contributed by atoms with Crippen molar-refractivity contribution in [2.45, 2.75) is 98.8 Å². The number of fused-ring (bicyclic) bond motifs is 3. The van der Waals surface area contributed by atoms with E-state index >= 15 is 0 Å². The maximum Gasteiger partial charge on any atom is 0.407 e. The Balaban J connectivity index is 1.82. The first-order valence-electron chi connectivity index (χ1n) is 16.0. The minimum atomic E-state index is -3.08. The van der Waals surface area contributed by atoms with Crippen molar-refractivity contribution in [1.82, 2.24) is 15.2 Å². The van der Waals surface area contributed by atoms with Gasteiger partial charge < -0.3 is 33.7 Å². The van der Waals surface area contributed by atoms with Crippen molar-refractivity contribution in [3.05, 3.63) is 47.5 Å². The first kappa shape index (κ1) is 36.4. The zero-order valence-corrected chi connectivity index (χ0v) is 29.2. The van der Waals surface area contributed by atoms with Crippen molar-refractivity contribution < 1.29 is 32.7 Å². The van der Waals surface area contributed by atoms with Crippen LogP contribution in [0.25, 0.3) is 21.8 Å². The van der Waals surface area contributed by atoms with Crippen LogP contribution in [0.15, 0.2) is 36.4 Å². The van der Waals surface area contributed by atoms with Gasteiger partial charge >= 0.3 is 19.8 Å². The zero-order valence-electron chi connectivity index (χ0n) is 28.3. The molecule has 2 N–H and O–H groups in total. The maximum atomic E-state index is 12.9. The minimum Gasteiger partial charge on any atom is -0.444 e. The summed E-state index contributed by atoms with van der Waals surface area (Å²) in [5, 5.41) is 7.93. The van der Waals surface area contributed by atoms with Gasteiger partial charge in [0.25, 0.3) is 0 Å². The summed E-state index contributed by atoms with van der Waals surface area (Å²) in [4.78, 5) is 24.3. The largest absolute Gasteiger partial charge is 0.444 e. The molecule has 0 fully saturated rings. The number of aromatic nitrogens is 1. The van der Waals surface area contributed by atoms with Crippen molar-refractivity contribution in [2.75, 3.05) is 32.5 Å². The van der Waals surface area contributed by atoms with Crippen LogP contribution < -0.4 is 10.6 Å². The van der Waals surface area contributed by atoms with Crippen LogP contribution in [0.4, 0.5) is 9.59 Å². The summed E-state index contributed by atoms with van der Waals surface area (Å²) in [7, 11) is -3.08. The highest BCUT2D eigenvalue weighted by Crippen LogP contribution is 2.48. The van der Waals surface area contributed by atoms with Gasteiger partial charge in [-0.25, -0.2) is 9.59 Å². The normalized spacial score (nSPS) is 12.4. The average Bonchev–Trinajstić information content (AvgIpc) is 3.21. The van der Waals surface area contributed by atoms with Gasteiger partial charge in [-0.2, -0.15) is 0 Å². The molecule has 3 rings (SSSR count). The van der Waals surface area contributed by atoms with E-state index in [4.69, 9.17) is 18.5 Å². The second-order valence-electron chi connectivity index (χ2n) is 13.1. The number of carbonyl (C=O) groups is 2. The van der Waals surface area contributed by atoms with Crippen molar-refractivity contribution in [3.63, 3.8) is 0 Å². The monoisotopic (exact) mass is 645 g/mol. The Bertz CT molecular complexity index is 1390. The van der Waals surface area contributed by atoms with Crippen LogP contribution in [0.3, 0.4) is 0 Å². The molecule has 0 atom stereocenters. The van der Waals surface area contributed by atoms with E-state index in [0.717, 1.165) is 45.9 Å². The number of hydrogen-bond acceptors (Lipinski definition) is 7. The van der Waals surface area contributed by atoms with Crippen LogP contribution in [0.1, 0.15) is 79.4 Å². The average molecular weight is 646 g/mol. The van der Waals surface area contributed by atoms with Crippen LogP contribution in [-0.4, -0.2) is 60.4 Å². The zero-order chi connectivity index (χ0) is 33.3. The summed E-state index contributed by atoms with van der Waals surface area (Å²) in [6.07, 6.45) is 2.37. The molecule has 0 aliphatic rings. The van der Waals surface area contributed by atoms with Gasteiger partial charge in [0.05, 0.1) is 19.4 Å². The lowest BCUT2D eigenvalue weighted by molar-refractivity contribution is 0.0517. The number of alkyl carbamates (subject to hydrolysis) is 2. The second-order valence-corrected chi connectivity index (χ2v) is 15.3. The lowest BCUT2D eigenvalue weighted by Gasteiger charge is -2.19. The number of carbonyl (C=O) groups excluding carboxylic acids is 2. The Morgan fingerprint density at radius 3 is 1.58 bits per heavy atom. The van der Waals surface area contributed by atoms with Gasteiger partial charge in [-0.05, 0) is 116 Å². The van der Waals surface area contributed by atoms with Crippen molar-refractivity contribution in [1.29, 1.82) is 0 Å². The van der Waals surface area contributed by atoms with Crippen molar-refractivity contribution in [3.8, 4) is 0 Å². The molecule has 1 heterocycles. The topological polar surface area (TPSA) is 117 Å². The maximum absolute atomic E-state index is 12.9. The molecule has 1 aromatic heterocycles. The number of nitrogens with zero attached hydrogens (tertiary/aromatic N) is 1. The van der Waals surface area contributed by atoms with Gasteiger partial charge in [0, 0.05) is 41.4 Å². The van der Waals surface area contributed by atoms with E-state index in [1.807, 2.05) is 55.4 Å². The SMILES string of the molecule is CCOP(=O)(CCCCn1c2ccc(CCNC(=O)OC(C)(C)C)cc2c2cc(CCNC(=O)OC(C)(C)C)ccc21)OCC. The fraction of sp³-hybridized carbons (Fsp3) is 0.588. The molecule has 45 heavy (non-hydrogen) atoms. The number of benzene rings is 2. The first-order valence-corrected chi connectivity index (χ1v) is 17.7. The summed E-state index contributed by atoms with van der Waals surface area (Å²) in [5.74, 6) is 0. The molecule has 250 valence electrons. The fourth-order valence-electron chi connectivity index (χ4n) is 5.13. The molecule has 0 spiro atoms. The highest BCUT2D eigenvalue weighted by Gasteiger charge is 2.23. The fourth-order valence-corrected chi connectivity index (χ4v) is 6.86. The second kappa shape index (κ2) is 16.0. The number of amides is 2. The van der Waals surface area contributed by atoms with E-state index in [2.05, 4.69) is 51.6 Å². The van der Waals surface area contributed by atoms with Gasteiger partial charge in [-0.1, -0.05) is 12.1 Å². The van der Waals surface area contributed by atoms with E-state index in [1.54, 1.807) is 0 Å². The minimum absolute atomic E-state index is 0.357. The summed E-state index contributed by atoms with van der Waals surface area (Å²) in [5.41, 5.74) is 3.32. The van der Waals surface area contributed by atoms with Crippen molar-refractivity contribution >= 4 is 41.6 Å². The number of ether oxygens (including phenoxy) is 2. The molecule has 0 saturated carbocycles. The summed E-state index contributed by atoms with van der Waals surface area (Å²) >= 11 is 0. The molecule has 10 nitrogen and oxygen atoms in total. The highest BCUT2D eigenvalue weighted by molar-refractivity contribution is 7.53. The van der Waals surface area contributed by atoms with Crippen LogP contribution >= 0.6 is 7.60 Å². The van der Waals surface area contributed by atoms with E-state index in [1.165, 1.54) is 0 Å². The molecular weight excluding hydrogens is 593 g/mol. The predicted octanol–water partition coefficient (Wildman–Crippen LogP) is 7.98. The summed E-state index contributed by atoms with van der Waals surface area (Å²) < 4.78 is 36.9. The number of nitrogens with one attached hydrogen (secondary N) is 2. The van der Waals surface area contributed by atoms with E-state index in [-0.39, 0.29) is 0 Å². The molecule has 0 aliphatic carbocycles. The molecule has 2 amide bonds. The molecule has 0 saturated heterocycles. The smallest absolute Gasteiger partial charge is 0.407 e. The molecule has 0 bridgehead atoms.